The van der Waals surface area contributed by atoms with E-state index in [0.29, 0.717) is 29.2 Å². The Morgan fingerprint density at radius 2 is 2.00 bits per heavy atom. The van der Waals surface area contributed by atoms with Crippen LogP contribution in [-0.2, 0) is 5.33 Å². The molecule has 0 aliphatic rings. The highest BCUT2D eigenvalue weighted by atomic mass is 79.9. The number of nitro benzene ring substituents is 1. The third-order valence-corrected chi connectivity index (χ3v) is 2.97. The molecule has 4 nitrogen and oxygen atoms in total. The number of rotatable bonds is 6. The van der Waals surface area contributed by atoms with E-state index in [0.717, 1.165) is 6.42 Å². The predicted molar refractivity (Wildman–Crippen MR) is 82.0 cm³/mol. The van der Waals surface area contributed by atoms with Crippen molar-refractivity contribution in [2.75, 3.05) is 6.61 Å². The summed E-state index contributed by atoms with van der Waals surface area (Å²) >= 11 is 3.24. The highest BCUT2D eigenvalue weighted by Gasteiger charge is 2.19. The minimum atomic E-state index is -0.388. The summed E-state index contributed by atoms with van der Waals surface area (Å²) in [7, 11) is 0. The Kier molecular flexibility index (Phi) is 9.21. The number of benzene rings is 1. The summed E-state index contributed by atoms with van der Waals surface area (Å²) in [4.78, 5) is 10.6. The average molecular weight is 332 g/mol. The summed E-state index contributed by atoms with van der Waals surface area (Å²) in [6.45, 7) is 8.68. The lowest BCUT2D eigenvalue weighted by molar-refractivity contribution is -0.386. The Labute approximate surface area is 123 Å². The standard InChI is InChI=1S/C12H16BrNO3.C2H6/c1-9(2)6-7-17-11-5-3-4-10(8-13)12(11)14(15)16;1-2/h3-5,9H,6-8H2,1-2H3;1-2H3. The van der Waals surface area contributed by atoms with E-state index in [1.165, 1.54) is 0 Å². The molecule has 0 heterocycles. The second-order valence-electron chi connectivity index (χ2n) is 4.19. The van der Waals surface area contributed by atoms with Crippen molar-refractivity contribution in [3.05, 3.63) is 33.9 Å². The number of halogens is 1. The van der Waals surface area contributed by atoms with Gasteiger partial charge in [-0.05, 0) is 18.4 Å². The lowest BCUT2D eigenvalue weighted by atomic mass is 10.1. The predicted octanol–water partition coefficient (Wildman–Crippen LogP) is 4.94. The fourth-order valence-electron chi connectivity index (χ4n) is 1.40. The quantitative estimate of drug-likeness (QED) is 0.421. The molecule has 0 N–H and O–H groups in total. The zero-order valence-corrected chi connectivity index (χ0v) is 13.6. The number of nitrogens with zero attached hydrogens (tertiary/aromatic N) is 1. The van der Waals surface area contributed by atoms with Crippen LogP contribution in [0.3, 0.4) is 0 Å². The molecule has 19 heavy (non-hydrogen) atoms. The zero-order chi connectivity index (χ0) is 14.8. The first-order valence-electron chi connectivity index (χ1n) is 6.51. The lowest BCUT2D eigenvalue weighted by Gasteiger charge is -2.09. The Balaban J connectivity index is 0.00000154. The van der Waals surface area contributed by atoms with Crippen molar-refractivity contribution in [2.24, 2.45) is 5.92 Å². The first-order valence-corrected chi connectivity index (χ1v) is 7.63. The van der Waals surface area contributed by atoms with E-state index in [2.05, 4.69) is 29.8 Å². The average Bonchev–Trinajstić information content (AvgIpc) is 2.40. The zero-order valence-electron chi connectivity index (χ0n) is 12.0. The van der Waals surface area contributed by atoms with Gasteiger partial charge in [0.1, 0.15) is 0 Å². The molecule has 0 aromatic heterocycles. The minimum Gasteiger partial charge on any atom is -0.487 e. The fourth-order valence-corrected chi connectivity index (χ4v) is 1.86. The first-order chi connectivity index (χ1) is 9.06. The maximum Gasteiger partial charge on any atom is 0.314 e. The highest BCUT2D eigenvalue weighted by Crippen LogP contribution is 2.32. The number of hydrogen-bond acceptors (Lipinski definition) is 3. The normalized spacial score (nSPS) is 9.79. The SMILES string of the molecule is CC.CC(C)CCOc1cccc(CBr)c1[N+](=O)[O-]. The van der Waals surface area contributed by atoms with E-state index < -0.39 is 0 Å². The smallest absolute Gasteiger partial charge is 0.314 e. The number of nitro groups is 1. The van der Waals surface area contributed by atoms with Gasteiger partial charge in [-0.25, -0.2) is 0 Å². The number of para-hydroxylation sites is 1. The van der Waals surface area contributed by atoms with Crippen molar-refractivity contribution >= 4 is 21.6 Å². The molecule has 108 valence electrons. The third kappa shape index (κ3) is 6.05. The van der Waals surface area contributed by atoms with Gasteiger partial charge in [0, 0.05) is 10.9 Å². The summed E-state index contributed by atoms with van der Waals surface area (Å²) in [5.41, 5.74) is 0.699. The number of ether oxygens (including phenoxy) is 1. The fraction of sp³-hybridized carbons (Fsp3) is 0.571. The van der Waals surface area contributed by atoms with Crippen molar-refractivity contribution in [1.29, 1.82) is 0 Å². The molecule has 0 saturated carbocycles. The second kappa shape index (κ2) is 9.78. The van der Waals surface area contributed by atoms with Gasteiger partial charge in [0.05, 0.1) is 11.5 Å². The van der Waals surface area contributed by atoms with Crippen molar-refractivity contribution in [2.45, 2.75) is 39.4 Å². The minimum absolute atomic E-state index is 0.0631. The van der Waals surface area contributed by atoms with Gasteiger partial charge in [-0.2, -0.15) is 0 Å². The first kappa shape index (κ1) is 17.9. The van der Waals surface area contributed by atoms with Crippen molar-refractivity contribution in [3.8, 4) is 5.75 Å². The molecule has 0 saturated heterocycles. The van der Waals surface area contributed by atoms with Crippen LogP contribution in [0, 0.1) is 16.0 Å². The van der Waals surface area contributed by atoms with Crippen LogP contribution in [0.15, 0.2) is 18.2 Å². The van der Waals surface area contributed by atoms with Crippen molar-refractivity contribution in [3.63, 3.8) is 0 Å². The topological polar surface area (TPSA) is 52.4 Å². The van der Waals surface area contributed by atoms with Gasteiger partial charge in [0.25, 0.3) is 0 Å². The largest absolute Gasteiger partial charge is 0.487 e. The van der Waals surface area contributed by atoms with Crippen LogP contribution in [0.5, 0.6) is 5.75 Å². The van der Waals surface area contributed by atoms with Crippen LogP contribution < -0.4 is 4.74 Å². The molecule has 0 amide bonds. The van der Waals surface area contributed by atoms with E-state index in [-0.39, 0.29) is 10.6 Å². The molecule has 0 unspecified atom stereocenters. The maximum absolute atomic E-state index is 11.0. The molecule has 1 aromatic carbocycles. The van der Waals surface area contributed by atoms with Crippen molar-refractivity contribution in [1.82, 2.24) is 0 Å². The molecule has 0 bridgehead atoms. The van der Waals surface area contributed by atoms with E-state index in [9.17, 15) is 10.1 Å². The number of hydrogen-bond donors (Lipinski definition) is 0. The van der Waals surface area contributed by atoms with Gasteiger partial charge in [-0.15, -0.1) is 0 Å². The Bertz CT molecular complexity index is 394. The maximum atomic E-state index is 11.0. The summed E-state index contributed by atoms with van der Waals surface area (Å²) in [5, 5.41) is 11.5. The monoisotopic (exact) mass is 331 g/mol. The molecule has 0 spiro atoms. The summed E-state index contributed by atoms with van der Waals surface area (Å²) in [5.74, 6) is 0.876. The molecule has 0 fully saturated rings. The summed E-state index contributed by atoms with van der Waals surface area (Å²) in [6, 6.07) is 5.14. The highest BCUT2D eigenvalue weighted by molar-refractivity contribution is 9.08. The van der Waals surface area contributed by atoms with Crippen LogP contribution in [-0.4, -0.2) is 11.5 Å². The van der Waals surface area contributed by atoms with Crippen LogP contribution in [0.1, 0.15) is 39.7 Å². The summed E-state index contributed by atoms with van der Waals surface area (Å²) < 4.78 is 5.49. The van der Waals surface area contributed by atoms with Crippen LogP contribution in [0.25, 0.3) is 0 Å². The van der Waals surface area contributed by atoms with Gasteiger partial charge in [0.15, 0.2) is 5.75 Å². The van der Waals surface area contributed by atoms with Gasteiger partial charge >= 0.3 is 5.69 Å². The van der Waals surface area contributed by atoms with Gasteiger partial charge < -0.3 is 4.74 Å². The van der Waals surface area contributed by atoms with Gasteiger partial charge in [-0.3, -0.25) is 10.1 Å². The molecule has 0 aliphatic carbocycles. The Hall–Kier alpha value is -1.10. The number of alkyl halides is 1. The van der Waals surface area contributed by atoms with Gasteiger partial charge in [0.2, 0.25) is 0 Å². The van der Waals surface area contributed by atoms with E-state index in [1.54, 1.807) is 18.2 Å². The summed E-state index contributed by atoms with van der Waals surface area (Å²) in [6.07, 6.45) is 0.885. The molecule has 5 heteroatoms. The van der Waals surface area contributed by atoms with E-state index in [1.807, 2.05) is 13.8 Å². The third-order valence-electron chi connectivity index (χ3n) is 2.36. The lowest BCUT2D eigenvalue weighted by Crippen LogP contribution is -2.04. The van der Waals surface area contributed by atoms with Crippen LogP contribution in [0.2, 0.25) is 0 Å². The molecule has 0 atom stereocenters. The Morgan fingerprint density at radius 3 is 2.47 bits per heavy atom. The molecule has 0 aliphatic heterocycles. The molecule has 1 aromatic rings. The molecular weight excluding hydrogens is 310 g/mol. The van der Waals surface area contributed by atoms with E-state index in [4.69, 9.17) is 4.74 Å². The van der Waals surface area contributed by atoms with Crippen LogP contribution in [0.4, 0.5) is 5.69 Å². The molecular formula is C14H22BrNO3. The Morgan fingerprint density at radius 1 is 1.37 bits per heavy atom. The molecule has 1 rings (SSSR count). The molecule has 0 radical (unpaired) electrons. The van der Waals surface area contributed by atoms with Crippen molar-refractivity contribution < 1.29 is 9.66 Å². The van der Waals surface area contributed by atoms with E-state index >= 15 is 0 Å². The van der Waals surface area contributed by atoms with Crippen LogP contribution >= 0.6 is 15.9 Å². The second-order valence-corrected chi connectivity index (χ2v) is 4.75. The van der Waals surface area contributed by atoms with Gasteiger partial charge in [-0.1, -0.05) is 55.8 Å².